The molecule has 5 nitrogen and oxygen atoms in total. The van der Waals surface area contributed by atoms with Gasteiger partial charge in [-0.05, 0) is 31.2 Å². The predicted molar refractivity (Wildman–Crippen MR) is 113 cm³/mol. The second-order valence-corrected chi connectivity index (χ2v) is 8.07. The molecule has 0 bridgehead atoms. The van der Waals surface area contributed by atoms with E-state index in [9.17, 15) is 22.8 Å². The first-order chi connectivity index (χ1) is 14.6. The number of alkyl halides is 3. The van der Waals surface area contributed by atoms with E-state index in [4.69, 9.17) is 27.9 Å². The summed E-state index contributed by atoms with van der Waals surface area (Å²) in [6.07, 6.45) is -4.72. The Labute approximate surface area is 188 Å². The monoisotopic (exact) mass is 488 g/mol. The number of nitrogens with one attached hydrogen (secondary N) is 1. The number of carbonyl (C=O) groups is 2. The van der Waals surface area contributed by atoms with Crippen LogP contribution in [-0.4, -0.2) is 23.5 Å². The van der Waals surface area contributed by atoms with E-state index in [1.165, 1.54) is 6.07 Å². The lowest BCUT2D eigenvalue weighted by molar-refractivity contribution is -0.137. The van der Waals surface area contributed by atoms with Gasteiger partial charge in [-0.2, -0.15) is 13.2 Å². The largest absolute Gasteiger partial charge is 0.451 e. The Morgan fingerprint density at radius 3 is 2.45 bits per heavy atom. The van der Waals surface area contributed by atoms with Crippen LogP contribution < -0.4 is 5.32 Å². The van der Waals surface area contributed by atoms with Gasteiger partial charge in [0.15, 0.2) is 6.61 Å². The molecule has 1 aromatic heterocycles. The molecule has 3 rings (SSSR count). The first-order valence-corrected chi connectivity index (χ1v) is 10.2. The topological polar surface area (TPSA) is 68.3 Å². The van der Waals surface area contributed by atoms with Crippen molar-refractivity contribution < 1.29 is 27.5 Å². The van der Waals surface area contributed by atoms with Crippen molar-refractivity contribution in [2.24, 2.45) is 0 Å². The normalized spacial score (nSPS) is 11.3. The Bertz CT molecular complexity index is 1130. The quantitative estimate of drug-likeness (QED) is 0.431. The first-order valence-electron chi connectivity index (χ1n) is 8.62. The average molecular weight is 489 g/mol. The molecule has 1 heterocycles. The van der Waals surface area contributed by atoms with Gasteiger partial charge < -0.3 is 10.1 Å². The van der Waals surface area contributed by atoms with Gasteiger partial charge in [-0.15, -0.1) is 11.3 Å². The van der Waals surface area contributed by atoms with Crippen molar-refractivity contribution in [3.8, 4) is 10.6 Å². The third kappa shape index (κ3) is 5.55. The standard InChI is InChI=1S/C20H13Cl2F3N2O3S/c1-10-17(31-18(26-10)11-5-7-12(21)8-6-11)19(29)30-9-15(28)27-16-13(20(23,24)25)3-2-4-14(16)22/h2-8H,9H2,1H3,(H,27,28). The van der Waals surface area contributed by atoms with E-state index >= 15 is 0 Å². The smallest absolute Gasteiger partial charge is 0.418 e. The molecule has 162 valence electrons. The molecule has 2 aromatic carbocycles. The molecule has 0 saturated heterocycles. The average Bonchev–Trinajstić information content (AvgIpc) is 3.09. The van der Waals surface area contributed by atoms with Crippen LogP contribution in [0.15, 0.2) is 42.5 Å². The summed E-state index contributed by atoms with van der Waals surface area (Å²) in [5, 5.41) is 2.86. The highest BCUT2D eigenvalue weighted by molar-refractivity contribution is 7.17. The molecule has 0 atom stereocenters. The van der Waals surface area contributed by atoms with Crippen molar-refractivity contribution in [1.82, 2.24) is 4.98 Å². The number of amides is 1. The van der Waals surface area contributed by atoms with E-state index < -0.39 is 35.9 Å². The van der Waals surface area contributed by atoms with Gasteiger partial charge in [0.1, 0.15) is 9.88 Å². The summed E-state index contributed by atoms with van der Waals surface area (Å²) >= 11 is 12.7. The Morgan fingerprint density at radius 1 is 1.13 bits per heavy atom. The second kappa shape index (κ2) is 9.25. The highest BCUT2D eigenvalue weighted by Gasteiger charge is 2.35. The number of ether oxygens (including phenoxy) is 1. The number of aromatic nitrogens is 1. The van der Waals surface area contributed by atoms with Gasteiger partial charge in [0.2, 0.25) is 0 Å². The highest BCUT2D eigenvalue weighted by atomic mass is 35.5. The Kier molecular flexibility index (Phi) is 6.88. The summed E-state index contributed by atoms with van der Waals surface area (Å²) < 4.78 is 44.3. The molecule has 31 heavy (non-hydrogen) atoms. The van der Waals surface area contributed by atoms with Crippen LogP contribution in [0.25, 0.3) is 10.6 Å². The maximum atomic E-state index is 13.1. The maximum Gasteiger partial charge on any atom is 0.418 e. The fourth-order valence-corrected chi connectivity index (χ4v) is 3.87. The number of hydrogen-bond acceptors (Lipinski definition) is 5. The van der Waals surface area contributed by atoms with Gasteiger partial charge in [0.25, 0.3) is 5.91 Å². The van der Waals surface area contributed by atoms with Gasteiger partial charge in [0, 0.05) is 10.6 Å². The lowest BCUT2D eigenvalue weighted by Gasteiger charge is -2.15. The van der Waals surface area contributed by atoms with Crippen LogP contribution in [0.2, 0.25) is 10.0 Å². The molecule has 0 fully saturated rings. The Morgan fingerprint density at radius 2 is 1.81 bits per heavy atom. The highest BCUT2D eigenvalue weighted by Crippen LogP contribution is 2.38. The minimum Gasteiger partial charge on any atom is -0.451 e. The van der Waals surface area contributed by atoms with E-state index in [2.05, 4.69) is 10.3 Å². The third-order valence-corrected chi connectivity index (χ3v) is 5.74. The van der Waals surface area contributed by atoms with E-state index in [-0.39, 0.29) is 9.90 Å². The van der Waals surface area contributed by atoms with Crippen molar-refractivity contribution in [2.75, 3.05) is 11.9 Å². The number of thiazole rings is 1. The fraction of sp³-hybridized carbons (Fsp3) is 0.150. The molecule has 1 amide bonds. The molecular formula is C20H13Cl2F3N2O3S. The minimum atomic E-state index is -4.72. The number of esters is 1. The molecule has 0 aliphatic heterocycles. The van der Waals surface area contributed by atoms with Crippen molar-refractivity contribution >= 4 is 52.1 Å². The summed E-state index contributed by atoms with van der Waals surface area (Å²) in [5.41, 5.74) is -0.569. The number of halogens is 5. The Balaban J connectivity index is 1.68. The molecule has 1 N–H and O–H groups in total. The predicted octanol–water partition coefficient (Wildman–Crippen LogP) is 6.24. The van der Waals surface area contributed by atoms with Crippen LogP contribution in [0.1, 0.15) is 20.9 Å². The zero-order valence-electron chi connectivity index (χ0n) is 15.7. The number of benzene rings is 2. The first kappa shape index (κ1) is 23.1. The van der Waals surface area contributed by atoms with Crippen molar-refractivity contribution in [3.63, 3.8) is 0 Å². The molecule has 11 heteroatoms. The minimum absolute atomic E-state index is 0.173. The van der Waals surface area contributed by atoms with Crippen molar-refractivity contribution in [1.29, 1.82) is 0 Å². The summed E-state index contributed by atoms with van der Waals surface area (Å²) in [7, 11) is 0. The summed E-state index contributed by atoms with van der Waals surface area (Å²) in [6.45, 7) is 0.806. The number of carbonyl (C=O) groups excluding carboxylic acids is 2. The molecule has 0 saturated carbocycles. The number of rotatable bonds is 5. The summed E-state index contributed by atoms with van der Waals surface area (Å²) in [4.78, 5) is 28.9. The molecule has 0 aliphatic carbocycles. The maximum absolute atomic E-state index is 13.1. The zero-order valence-corrected chi connectivity index (χ0v) is 18.0. The lowest BCUT2D eigenvalue weighted by Crippen LogP contribution is -2.23. The van der Waals surface area contributed by atoms with Crippen LogP contribution in [0.3, 0.4) is 0 Å². The fourth-order valence-electron chi connectivity index (χ4n) is 2.56. The van der Waals surface area contributed by atoms with E-state index in [0.717, 1.165) is 29.0 Å². The van der Waals surface area contributed by atoms with E-state index in [1.807, 2.05) is 0 Å². The number of nitrogens with zero attached hydrogens (tertiary/aromatic N) is 1. The summed E-state index contributed by atoms with van der Waals surface area (Å²) in [5.74, 6) is -1.78. The third-order valence-electron chi connectivity index (χ3n) is 3.99. The molecule has 0 unspecified atom stereocenters. The van der Waals surface area contributed by atoms with Crippen LogP contribution in [-0.2, 0) is 15.7 Å². The van der Waals surface area contributed by atoms with Crippen LogP contribution in [0, 0.1) is 6.92 Å². The van der Waals surface area contributed by atoms with Crippen molar-refractivity contribution in [2.45, 2.75) is 13.1 Å². The molecule has 0 spiro atoms. The number of anilines is 1. The van der Waals surface area contributed by atoms with Gasteiger partial charge in [-0.3, -0.25) is 4.79 Å². The molecule has 0 aliphatic rings. The van der Waals surface area contributed by atoms with E-state index in [1.54, 1.807) is 31.2 Å². The lowest BCUT2D eigenvalue weighted by atomic mass is 10.1. The van der Waals surface area contributed by atoms with Gasteiger partial charge in [-0.1, -0.05) is 41.4 Å². The van der Waals surface area contributed by atoms with Crippen LogP contribution in [0.4, 0.5) is 18.9 Å². The van der Waals surface area contributed by atoms with Crippen molar-refractivity contribution in [3.05, 3.63) is 68.6 Å². The second-order valence-electron chi connectivity index (χ2n) is 6.22. The van der Waals surface area contributed by atoms with Gasteiger partial charge >= 0.3 is 12.1 Å². The SMILES string of the molecule is Cc1nc(-c2ccc(Cl)cc2)sc1C(=O)OCC(=O)Nc1c(Cl)cccc1C(F)(F)F. The molecular weight excluding hydrogens is 476 g/mol. The molecule has 3 aromatic rings. The van der Waals surface area contributed by atoms with Gasteiger partial charge in [-0.25, -0.2) is 9.78 Å². The van der Waals surface area contributed by atoms with Crippen LogP contribution >= 0.6 is 34.5 Å². The Hall–Kier alpha value is -2.62. The van der Waals surface area contributed by atoms with E-state index in [0.29, 0.717) is 15.7 Å². The number of hydrogen-bond donors (Lipinski definition) is 1. The summed E-state index contributed by atoms with van der Waals surface area (Å²) in [6, 6.07) is 9.95. The van der Waals surface area contributed by atoms with Crippen LogP contribution in [0.5, 0.6) is 0 Å². The zero-order chi connectivity index (χ0) is 22.8. The molecule has 0 radical (unpaired) electrons. The number of aryl methyl sites for hydroxylation is 1. The number of para-hydroxylation sites is 1. The van der Waals surface area contributed by atoms with Gasteiger partial charge in [0.05, 0.1) is 22.0 Å².